The fourth-order valence-electron chi connectivity index (χ4n) is 2.33. The van der Waals surface area contributed by atoms with Gasteiger partial charge in [0.2, 0.25) is 0 Å². The van der Waals surface area contributed by atoms with Crippen molar-refractivity contribution >= 4 is 0 Å². The molecule has 0 amide bonds. The third-order valence-electron chi connectivity index (χ3n) is 3.43. The molecule has 2 nitrogen and oxygen atoms in total. The zero-order valence-electron chi connectivity index (χ0n) is 9.88. The summed E-state index contributed by atoms with van der Waals surface area (Å²) in [6.07, 6.45) is 7.12. The number of rotatable bonds is 7. The smallest absolute Gasteiger partial charge is 0.0721 e. The summed E-state index contributed by atoms with van der Waals surface area (Å²) in [5, 5.41) is 3.56. The van der Waals surface area contributed by atoms with Crippen molar-refractivity contribution in [1.82, 2.24) is 5.32 Å². The second-order valence-electron chi connectivity index (χ2n) is 4.38. The van der Waals surface area contributed by atoms with Crippen molar-refractivity contribution in [2.75, 3.05) is 13.7 Å². The first-order chi connectivity index (χ1) is 6.81. The van der Waals surface area contributed by atoms with Crippen molar-refractivity contribution in [3.8, 4) is 0 Å². The van der Waals surface area contributed by atoms with Crippen molar-refractivity contribution in [2.24, 2.45) is 5.92 Å². The summed E-state index contributed by atoms with van der Waals surface area (Å²) >= 11 is 0. The van der Waals surface area contributed by atoms with Crippen LogP contribution in [0.15, 0.2) is 0 Å². The summed E-state index contributed by atoms with van der Waals surface area (Å²) in [5.74, 6) is 0.961. The van der Waals surface area contributed by atoms with Gasteiger partial charge in [0.05, 0.1) is 6.10 Å². The first-order valence-corrected chi connectivity index (χ1v) is 6.07. The molecule has 0 heterocycles. The van der Waals surface area contributed by atoms with Gasteiger partial charge in [-0.25, -0.2) is 0 Å². The Labute approximate surface area is 88.4 Å². The molecule has 1 rings (SSSR count). The molecule has 0 spiro atoms. The number of nitrogens with one attached hydrogen (secondary N) is 1. The van der Waals surface area contributed by atoms with E-state index in [0.29, 0.717) is 12.1 Å². The zero-order chi connectivity index (χ0) is 10.4. The standard InChI is InChI=1S/C12H25NO/c1-4-12(14-3)11(13-5-2)9-10-7-6-8-10/h10-13H,4-9H2,1-3H3. The van der Waals surface area contributed by atoms with E-state index in [1.54, 1.807) is 0 Å². The minimum absolute atomic E-state index is 0.399. The Bertz CT molecular complexity index is 141. The van der Waals surface area contributed by atoms with E-state index in [9.17, 15) is 0 Å². The second-order valence-corrected chi connectivity index (χ2v) is 4.38. The van der Waals surface area contributed by atoms with Gasteiger partial charge in [-0.2, -0.15) is 0 Å². The van der Waals surface area contributed by atoms with Crippen molar-refractivity contribution < 1.29 is 4.74 Å². The monoisotopic (exact) mass is 199 g/mol. The van der Waals surface area contributed by atoms with Crippen LogP contribution in [-0.4, -0.2) is 25.8 Å². The lowest BCUT2D eigenvalue weighted by atomic mass is 9.79. The van der Waals surface area contributed by atoms with Crippen LogP contribution in [0.25, 0.3) is 0 Å². The fraction of sp³-hybridized carbons (Fsp3) is 1.00. The molecule has 1 saturated carbocycles. The number of methoxy groups -OCH3 is 1. The van der Waals surface area contributed by atoms with Gasteiger partial charge in [0.15, 0.2) is 0 Å². The van der Waals surface area contributed by atoms with Gasteiger partial charge in [-0.15, -0.1) is 0 Å². The summed E-state index contributed by atoms with van der Waals surface area (Å²) in [5.41, 5.74) is 0. The first kappa shape index (κ1) is 12.0. The number of ether oxygens (including phenoxy) is 1. The van der Waals surface area contributed by atoms with E-state index in [1.165, 1.54) is 25.7 Å². The van der Waals surface area contributed by atoms with E-state index >= 15 is 0 Å². The van der Waals surface area contributed by atoms with Gasteiger partial charge in [-0.3, -0.25) is 0 Å². The third kappa shape index (κ3) is 3.25. The highest BCUT2D eigenvalue weighted by atomic mass is 16.5. The average Bonchev–Trinajstić information content (AvgIpc) is 2.13. The van der Waals surface area contributed by atoms with Gasteiger partial charge < -0.3 is 10.1 Å². The van der Waals surface area contributed by atoms with Crippen LogP contribution in [-0.2, 0) is 4.74 Å². The molecular weight excluding hydrogens is 174 g/mol. The summed E-state index contributed by atoms with van der Waals surface area (Å²) < 4.78 is 5.52. The Morgan fingerprint density at radius 1 is 1.36 bits per heavy atom. The SMILES string of the molecule is CCNC(CC1CCC1)C(CC)OC. The van der Waals surface area contributed by atoms with Gasteiger partial charge in [0, 0.05) is 13.2 Å². The van der Waals surface area contributed by atoms with Crippen LogP contribution in [0.2, 0.25) is 0 Å². The van der Waals surface area contributed by atoms with Crippen molar-refractivity contribution in [2.45, 2.75) is 58.1 Å². The molecule has 1 N–H and O–H groups in total. The minimum Gasteiger partial charge on any atom is -0.380 e. The lowest BCUT2D eigenvalue weighted by Crippen LogP contribution is -2.42. The molecule has 0 aromatic rings. The Balaban J connectivity index is 2.34. The molecule has 2 unspecified atom stereocenters. The highest BCUT2D eigenvalue weighted by molar-refractivity contribution is 4.82. The molecule has 84 valence electrons. The average molecular weight is 199 g/mol. The Morgan fingerprint density at radius 3 is 2.43 bits per heavy atom. The maximum absolute atomic E-state index is 5.52. The van der Waals surface area contributed by atoms with Crippen LogP contribution in [0, 0.1) is 5.92 Å². The third-order valence-corrected chi connectivity index (χ3v) is 3.43. The Hall–Kier alpha value is -0.0800. The molecule has 14 heavy (non-hydrogen) atoms. The quantitative estimate of drug-likeness (QED) is 0.680. The lowest BCUT2D eigenvalue weighted by molar-refractivity contribution is 0.0516. The molecule has 0 bridgehead atoms. The fourth-order valence-corrected chi connectivity index (χ4v) is 2.33. The van der Waals surface area contributed by atoms with E-state index in [1.807, 2.05) is 7.11 Å². The van der Waals surface area contributed by atoms with Gasteiger partial charge >= 0.3 is 0 Å². The Morgan fingerprint density at radius 2 is 2.07 bits per heavy atom. The molecule has 1 aliphatic rings. The van der Waals surface area contributed by atoms with Crippen LogP contribution in [0.1, 0.15) is 46.0 Å². The van der Waals surface area contributed by atoms with Gasteiger partial charge in [-0.05, 0) is 25.3 Å². The molecule has 0 radical (unpaired) electrons. The summed E-state index contributed by atoms with van der Waals surface area (Å²) in [6.45, 7) is 5.44. The van der Waals surface area contributed by atoms with Crippen LogP contribution in [0.4, 0.5) is 0 Å². The van der Waals surface area contributed by atoms with Crippen LogP contribution < -0.4 is 5.32 Å². The van der Waals surface area contributed by atoms with E-state index < -0.39 is 0 Å². The highest BCUT2D eigenvalue weighted by Crippen LogP contribution is 2.31. The highest BCUT2D eigenvalue weighted by Gasteiger charge is 2.26. The molecule has 0 aromatic heterocycles. The van der Waals surface area contributed by atoms with Crippen LogP contribution in [0.3, 0.4) is 0 Å². The van der Waals surface area contributed by atoms with Gasteiger partial charge in [0.1, 0.15) is 0 Å². The van der Waals surface area contributed by atoms with Gasteiger partial charge in [-0.1, -0.05) is 33.1 Å². The maximum atomic E-state index is 5.52. The molecular formula is C12H25NO. The van der Waals surface area contributed by atoms with E-state index in [4.69, 9.17) is 4.74 Å². The summed E-state index contributed by atoms with van der Waals surface area (Å²) in [7, 11) is 1.83. The maximum Gasteiger partial charge on any atom is 0.0721 e. The first-order valence-electron chi connectivity index (χ1n) is 6.07. The predicted octanol–water partition coefficient (Wildman–Crippen LogP) is 2.58. The van der Waals surface area contributed by atoms with Crippen molar-refractivity contribution in [1.29, 1.82) is 0 Å². The molecule has 0 saturated heterocycles. The van der Waals surface area contributed by atoms with Crippen molar-refractivity contribution in [3.05, 3.63) is 0 Å². The van der Waals surface area contributed by atoms with Crippen LogP contribution in [0.5, 0.6) is 0 Å². The summed E-state index contributed by atoms with van der Waals surface area (Å²) in [4.78, 5) is 0. The predicted molar refractivity (Wildman–Crippen MR) is 60.5 cm³/mol. The lowest BCUT2D eigenvalue weighted by Gasteiger charge is -2.33. The van der Waals surface area contributed by atoms with Crippen molar-refractivity contribution in [3.63, 3.8) is 0 Å². The topological polar surface area (TPSA) is 21.3 Å². The van der Waals surface area contributed by atoms with E-state index in [-0.39, 0.29) is 0 Å². The molecule has 0 aliphatic heterocycles. The molecule has 2 heteroatoms. The van der Waals surface area contributed by atoms with E-state index in [0.717, 1.165) is 18.9 Å². The number of hydrogen-bond acceptors (Lipinski definition) is 2. The molecule has 0 aromatic carbocycles. The molecule has 2 atom stereocenters. The molecule has 1 aliphatic carbocycles. The zero-order valence-corrected chi connectivity index (χ0v) is 9.88. The number of likely N-dealkylation sites (N-methyl/N-ethyl adjacent to an activating group) is 1. The molecule has 1 fully saturated rings. The second kappa shape index (κ2) is 6.41. The van der Waals surface area contributed by atoms with Gasteiger partial charge in [0.25, 0.3) is 0 Å². The number of hydrogen-bond donors (Lipinski definition) is 1. The van der Waals surface area contributed by atoms with Crippen LogP contribution >= 0.6 is 0 Å². The van der Waals surface area contributed by atoms with E-state index in [2.05, 4.69) is 19.2 Å². The largest absolute Gasteiger partial charge is 0.380 e. The summed E-state index contributed by atoms with van der Waals surface area (Å²) in [6, 6.07) is 0.570. The Kier molecular flexibility index (Phi) is 5.49. The minimum atomic E-state index is 0.399. The normalized spacial score (nSPS) is 21.6.